The van der Waals surface area contributed by atoms with Crippen LogP contribution in [0.25, 0.3) is 0 Å². The first-order valence-corrected chi connectivity index (χ1v) is 10.6. The Labute approximate surface area is 180 Å². The van der Waals surface area contributed by atoms with Crippen molar-refractivity contribution in [3.8, 4) is 17.6 Å². The highest BCUT2D eigenvalue weighted by Crippen LogP contribution is 2.44. The third-order valence-electron chi connectivity index (χ3n) is 5.50. The molecule has 1 atom stereocenters. The highest BCUT2D eigenvalue weighted by molar-refractivity contribution is 8.03. The van der Waals surface area contributed by atoms with Gasteiger partial charge in [0.25, 0.3) is 0 Å². The maximum atomic E-state index is 13.1. The molecule has 154 valence electrons. The summed E-state index contributed by atoms with van der Waals surface area (Å²) < 4.78 is 10.7. The van der Waals surface area contributed by atoms with Crippen molar-refractivity contribution in [2.75, 3.05) is 31.7 Å². The number of rotatable bonds is 4. The van der Waals surface area contributed by atoms with E-state index in [1.165, 1.54) is 17.3 Å². The van der Waals surface area contributed by atoms with E-state index in [1.54, 1.807) is 19.1 Å². The van der Waals surface area contributed by atoms with Crippen LogP contribution in [0, 0.1) is 18.3 Å². The van der Waals surface area contributed by atoms with E-state index in [4.69, 9.17) is 9.47 Å². The summed E-state index contributed by atoms with van der Waals surface area (Å²) in [4.78, 5) is 17.0. The van der Waals surface area contributed by atoms with Gasteiger partial charge in [0, 0.05) is 18.0 Å². The quantitative estimate of drug-likeness (QED) is 0.736. The number of benzene rings is 2. The molecule has 4 rings (SSSR count). The minimum absolute atomic E-state index is 0.0214. The number of carbonyl (C=O) groups excluding carboxylic acids is 1. The number of amides is 1. The van der Waals surface area contributed by atoms with Crippen LogP contribution < -0.4 is 14.4 Å². The van der Waals surface area contributed by atoms with Crippen LogP contribution in [0.4, 0.5) is 5.69 Å². The molecule has 0 spiro atoms. The number of hydrogen-bond donors (Lipinski definition) is 0. The van der Waals surface area contributed by atoms with E-state index in [9.17, 15) is 10.1 Å². The summed E-state index contributed by atoms with van der Waals surface area (Å²) in [6.07, 6.45) is 0.254. The van der Waals surface area contributed by atoms with Gasteiger partial charge in [-0.25, -0.2) is 0 Å². The van der Waals surface area contributed by atoms with Crippen molar-refractivity contribution in [2.24, 2.45) is 0 Å². The Kier molecular flexibility index (Phi) is 5.60. The lowest BCUT2D eigenvalue weighted by Crippen LogP contribution is -2.47. The summed E-state index contributed by atoms with van der Waals surface area (Å²) in [5.74, 6) is 1.64. The zero-order valence-corrected chi connectivity index (χ0v) is 18.0. The summed E-state index contributed by atoms with van der Waals surface area (Å²) in [5, 5.41) is 10.7. The fourth-order valence-corrected chi connectivity index (χ4v) is 5.00. The Morgan fingerprint density at radius 2 is 1.83 bits per heavy atom. The predicted octanol–water partition coefficient (Wildman–Crippen LogP) is 4.23. The van der Waals surface area contributed by atoms with E-state index in [0.717, 1.165) is 16.3 Å². The van der Waals surface area contributed by atoms with Crippen molar-refractivity contribution >= 4 is 23.4 Å². The number of allylic oxidation sites excluding steroid dienone is 1. The van der Waals surface area contributed by atoms with Gasteiger partial charge < -0.3 is 14.4 Å². The molecule has 0 saturated carbocycles. The Morgan fingerprint density at radius 3 is 2.50 bits per heavy atom. The Morgan fingerprint density at radius 1 is 1.10 bits per heavy atom. The highest BCUT2D eigenvalue weighted by atomic mass is 32.2. The second kappa shape index (κ2) is 8.33. The third-order valence-corrected chi connectivity index (χ3v) is 6.66. The number of nitrogens with zero attached hydrogens (tertiary/aromatic N) is 3. The van der Waals surface area contributed by atoms with Gasteiger partial charge >= 0.3 is 0 Å². The molecular formula is C23H23N3O3S. The Balaban J connectivity index is 1.66. The molecular weight excluding hydrogens is 398 g/mol. The fourth-order valence-electron chi connectivity index (χ4n) is 3.84. The van der Waals surface area contributed by atoms with Crippen molar-refractivity contribution in [1.29, 1.82) is 5.26 Å². The van der Waals surface area contributed by atoms with Gasteiger partial charge in [-0.1, -0.05) is 35.5 Å². The number of aryl methyl sites for hydroxylation is 1. The second-order valence-electron chi connectivity index (χ2n) is 7.31. The lowest BCUT2D eigenvalue weighted by atomic mass is 9.86. The number of fused-ring (bicyclic) bond motifs is 1. The number of thioether (sulfide) groups is 1. The molecule has 30 heavy (non-hydrogen) atoms. The van der Waals surface area contributed by atoms with Gasteiger partial charge in [0.15, 0.2) is 11.5 Å². The van der Waals surface area contributed by atoms with Gasteiger partial charge in [-0.15, -0.1) is 0 Å². The largest absolute Gasteiger partial charge is 0.493 e. The highest BCUT2D eigenvalue weighted by Gasteiger charge is 2.38. The first-order chi connectivity index (χ1) is 14.5. The van der Waals surface area contributed by atoms with Crippen molar-refractivity contribution in [3.05, 3.63) is 64.2 Å². The molecule has 2 aromatic rings. The number of methoxy groups -OCH3 is 2. The summed E-state index contributed by atoms with van der Waals surface area (Å²) in [6, 6.07) is 16.2. The van der Waals surface area contributed by atoms with Crippen LogP contribution in [0.15, 0.2) is 53.1 Å². The molecule has 2 aliphatic rings. The summed E-state index contributed by atoms with van der Waals surface area (Å²) in [7, 11) is 3.16. The predicted molar refractivity (Wildman–Crippen MR) is 117 cm³/mol. The smallest absolute Gasteiger partial charge is 0.229 e. The summed E-state index contributed by atoms with van der Waals surface area (Å²) in [5.41, 5.74) is 3.78. The summed E-state index contributed by atoms with van der Waals surface area (Å²) >= 11 is 1.54. The van der Waals surface area contributed by atoms with Crippen LogP contribution in [0.1, 0.15) is 23.5 Å². The molecule has 0 aliphatic carbocycles. The first kappa shape index (κ1) is 20.2. The molecule has 1 saturated heterocycles. The lowest BCUT2D eigenvalue weighted by molar-refractivity contribution is -0.129. The topological polar surface area (TPSA) is 65.8 Å². The van der Waals surface area contributed by atoms with E-state index in [2.05, 4.69) is 42.2 Å². The molecule has 6 nitrogen and oxygen atoms in total. The molecule has 7 heteroatoms. The molecule has 0 radical (unpaired) electrons. The van der Waals surface area contributed by atoms with Crippen LogP contribution in [0.5, 0.6) is 11.5 Å². The normalized spacial score (nSPS) is 18.7. The van der Waals surface area contributed by atoms with Crippen molar-refractivity contribution in [3.63, 3.8) is 0 Å². The van der Waals surface area contributed by atoms with Crippen LogP contribution in [-0.4, -0.2) is 37.6 Å². The monoisotopic (exact) mass is 421 g/mol. The van der Waals surface area contributed by atoms with E-state index >= 15 is 0 Å². The van der Waals surface area contributed by atoms with E-state index in [1.807, 2.05) is 18.2 Å². The Bertz CT molecular complexity index is 1040. The van der Waals surface area contributed by atoms with Crippen molar-refractivity contribution in [2.45, 2.75) is 19.3 Å². The van der Waals surface area contributed by atoms with Crippen LogP contribution in [0.2, 0.25) is 0 Å². The van der Waals surface area contributed by atoms with Crippen LogP contribution in [0.3, 0.4) is 0 Å². The van der Waals surface area contributed by atoms with E-state index in [0.29, 0.717) is 29.6 Å². The number of nitriles is 1. The lowest BCUT2D eigenvalue weighted by Gasteiger charge is -2.42. The number of carbonyl (C=O) groups is 1. The van der Waals surface area contributed by atoms with Gasteiger partial charge in [-0.05, 0) is 36.8 Å². The van der Waals surface area contributed by atoms with Gasteiger partial charge in [0.05, 0.1) is 43.4 Å². The van der Waals surface area contributed by atoms with Gasteiger partial charge in [0.2, 0.25) is 5.91 Å². The van der Waals surface area contributed by atoms with Crippen molar-refractivity contribution < 1.29 is 14.3 Å². The molecule has 0 aromatic heterocycles. The number of hydrogen-bond acceptors (Lipinski definition) is 6. The second-order valence-corrected chi connectivity index (χ2v) is 8.25. The zero-order chi connectivity index (χ0) is 21.3. The van der Waals surface area contributed by atoms with Crippen LogP contribution in [-0.2, 0) is 4.79 Å². The standard InChI is InChI=1S/C23H23N3O3S/c1-15-4-7-17(8-5-15)25-13-26-22(27)11-18(19(12-24)23(26)30-14-25)16-6-9-20(28-2)21(10-16)29-3/h4-10,18H,11,13-14H2,1-3H3/t18-/m0/s1. The fraction of sp³-hybridized carbons (Fsp3) is 0.304. The molecule has 1 amide bonds. The SMILES string of the molecule is COc1ccc([C@@H]2CC(=O)N3CN(c4ccc(C)cc4)CSC3=C2C#N)cc1OC. The number of ether oxygens (including phenoxy) is 2. The van der Waals surface area contributed by atoms with Crippen LogP contribution >= 0.6 is 11.8 Å². The first-order valence-electron chi connectivity index (χ1n) is 9.66. The molecule has 1 fully saturated rings. The molecule has 2 aliphatic heterocycles. The number of anilines is 1. The summed E-state index contributed by atoms with van der Waals surface area (Å²) in [6.45, 7) is 2.51. The zero-order valence-electron chi connectivity index (χ0n) is 17.2. The Hall–Kier alpha value is -3.11. The molecule has 0 N–H and O–H groups in total. The maximum Gasteiger partial charge on any atom is 0.229 e. The molecule has 2 aromatic carbocycles. The maximum absolute atomic E-state index is 13.1. The molecule has 0 bridgehead atoms. The van der Waals surface area contributed by atoms with Gasteiger partial charge in [0.1, 0.15) is 0 Å². The minimum Gasteiger partial charge on any atom is -0.493 e. The van der Waals surface area contributed by atoms with Gasteiger partial charge in [-0.2, -0.15) is 5.26 Å². The molecule has 2 heterocycles. The van der Waals surface area contributed by atoms with Crippen molar-refractivity contribution in [1.82, 2.24) is 4.90 Å². The third kappa shape index (κ3) is 3.59. The van der Waals surface area contributed by atoms with E-state index in [-0.39, 0.29) is 18.2 Å². The molecule has 0 unspecified atom stereocenters. The van der Waals surface area contributed by atoms with Gasteiger partial charge in [-0.3, -0.25) is 9.69 Å². The average Bonchev–Trinajstić information content (AvgIpc) is 2.78. The minimum atomic E-state index is -0.285. The van der Waals surface area contributed by atoms with E-state index < -0.39 is 0 Å². The average molecular weight is 422 g/mol.